The number of para-hydroxylation sites is 2. The summed E-state index contributed by atoms with van der Waals surface area (Å²) in [7, 11) is 0. The van der Waals surface area contributed by atoms with Gasteiger partial charge in [-0.05, 0) is 25.5 Å². The lowest BCUT2D eigenvalue weighted by molar-refractivity contribution is -0.122. The number of carbonyl (C=O) groups excluding carboxylic acids is 1. The predicted molar refractivity (Wildman–Crippen MR) is 93.2 cm³/mol. The average Bonchev–Trinajstić information content (AvgIpc) is 2.97. The second-order valence-corrected chi connectivity index (χ2v) is 6.43. The Kier molecular flexibility index (Phi) is 3.83. The molecule has 7 nitrogen and oxygen atoms in total. The molecule has 4 rings (SSSR count). The van der Waals surface area contributed by atoms with Crippen molar-refractivity contribution in [1.82, 2.24) is 24.4 Å². The Morgan fingerprint density at radius 1 is 1.36 bits per heavy atom. The van der Waals surface area contributed by atoms with Crippen molar-refractivity contribution in [1.29, 1.82) is 0 Å². The maximum Gasteiger partial charge on any atom is 0.269 e. The van der Waals surface area contributed by atoms with Gasteiger partial charge in [0.05, 0.1) is 22.9 Å². The van der Waals surface area contributed by atoms with Crippen LogP contribution in [0.5, 0.6) is 0 Å². The SMILES string of the molecule is Cc1cn2c(n1)CC[C@H](NC(=O)Cn1c(=O)cnc3ccccc31)C2. The van der Waals surface area contributed by atoms with Crippen molar-refractivity contribution >= 4 is 16.9 Å². The van der Waals surface area contributed by atoms with Crippen molar-refractivity contribution in [2.45, 2.75) is 38.9 Å². The van der Waals surface area contributed by atoms with Gasteiger partial charge in [-0.1, -0.05) is 12.1 Å². The molecule has 0 spiro atoms. The van der Waals surface area contributed by atoms with E-state index in [1.165, 1.54) is 10.8 Å². The van der Waals surface area contributed by atoms with E-state index in [4.69, 9.17) is 0 Å². The second-order valence-electron chi connectivity index (χ2n) is 6.43. The Labute approximate surface area is 144 Å². The van der Waals surface area contributed by atoms with Crippen molar-refractivity contribution in [3.05, 3.63) is 58.5 Å². The van der Waals surface area contributed by atoms with Crippen LogP contribution in [0.4, 0.5) is 0 Å². The number of aromatic nitrogens is 4. The molecule has 1 amide bonds. The molecule has 0 unspecified atom stereocenters. The van der Waals surface area contributed by atoms with Crippen molar-refractivity contribution in [3.8, 4) is 0 Å². The molecule has 3 heterocycles. The first kappa shape index (κ1) is 15.6. The summed E-state index contributed by atoms with van der Waals surface area (Å²) >= 11 is 0. The number of nitrogens with zero attached hydrogens (tertiary/aromatic N) is 4. The number of imidazole rings is 1. The third-order valence-corrected chi connectivity index (χ3v) is 4.53. The molecule has 0 bridgehead atoms. The number of rotatable bonds is 3. The molecule has 25 heavy (non-hydrogen) atoms. The molecule has 7 heteroatoms. The number of benzene rings is 1. The minimum atomic E-state index is -0.273. The van der Waals surface area contributed by atoms with Crippen LogP contribution < -0.4 is 10.9 Å². The normalized spacial score (nSPS) is 16.6. The third-order valence-electron chi connectivity index (χ3n) is 4.53. The maximum absolute atomic E-state index is 12.5. The zero-order chi connectivity index (χ0) is 17.4. The van der Waals surface area contributed by atoms with Gasteiger partial charge in [0.15, 0.2) is 0 Å². The highest BCUT2D eigenvalue weighted by Crippen LogP contribution is 2.15. The van der Waals surface area contributed by atoms with E-state index < -0.39 is 0 Å². The number of aryl methyl sites for hydroxylation is 2. The van der Waals surface area contributed by atoms with Crippen LogP contribution in [0.1, 0.15) is 17.9 Å². The predicted octanol–water partition coefficient (Wildman–Crippen LogP) is 1.03. The molecule has 0 aliphatic carbocycles. The quantitative estimate of drug-likeness (QED) is 0.774. The van der Waals surface area contributed by atoms with E-state index in [-0.39, 0.29) is 24.1 Å². The van der Waals surface area contributed by atoms with Crippen LogP contribution in [0.3, 0.4) is 0 Å². The van der Waals surface area contributed by atoms with Crippen molar-refractivity contribution in [2.75, 3.05) is 0 Å². The third kappa shape index (κ3) is 3.05. The fourth-order valence-corrected chi connectivity index (χ4v) is 3.40. The largest absolute Gasteiger partial charge is 0.350 e. The fourth-order valence-electron chi connectivity index (χ4n) is 3.40. The van der Waals surface area contributed by atoms with E-state index in [0.717, 1.165) is 24.4 Å². The van der Waals surface area contributed by atoms with E-state index >= 15 is 0 Å². The molecule has 1 aliphatic heterocycles. The average molecular weight is 337 g/mol. The van der Waals surface area contributed by atoms with Gasteiger partial charge in [-0.25, -0.2) is 9.97 Å². The molecule has 0 saturated heterocycles. The van der Waals surface area contributed by atoms with Crippen molar-refractivity contribution in [2.24, 2.45) is 0 Å². The Morgan fingerprint density at radius 3 is 3.08 bits per heavy atom. The van der Waals surface area contributed by atoms with Crippen molar-refractivity contribution in [3.63, 3.8) is 0 Å². The standard InChI is InChI=1S/C18H19N5O2/c1-12-9-22-10-13(6-7-16(22)20-12)21-17(24)11-23-15-5-3-2-4-14(15)19-8-18(23)25/h2-5,8-9,13H,6-7,10-11H2,1H3,(H,21,24)/t13-/m0/s1. The van der Waals surface area contributed by atoms with Crippen LogP contribution in [0, 0.1) is 6.92 Å². The van der Waals surface area contributed by atoms with E-state index in [1.54, 1.807) is 6.07 Å². The number of hydrogen-bond acceptors (Lipinski definition) is 4. The highest BCUT2D eigenvalue weighted by Gasteiger charge is 2.21. The molecule has 1 aliphatic rings. The molecule has 0 saturated carbocycles. The molecule has 1 aromatic carbocycles. The van der Waals surface area contributed by atoms with E-state index in [0.29, 0.717) is 17.6 Å². The Balaban J connectivity index is 1.50. The van der Waals surface area contributed by atoms with Gasteiger partial charge in [-0.15, -0.1) is 0 Å². The minimum absolute atomic E-state index is 0.00577. The summed E-state index contributed by atoms with van der Waals surface area (Å²) in [6.07, 6.45) is 4.97. The smallest absolute Gasteiger partial charge is 0.269 e. The molecule has 2 aromatic heterocycles. The highest BCUT2D eigenvalue weighted by atomic mass is 16.2. The Hall–Kier alpha value is -2.96. The molecule has 128 valence electrons. The molecule has 1 N–H and O–H groups in total. The Morgan fingerprint density at radius 2 is 2.20 bits per heavy atom. The van der Waals surface area contributed by atoms with Crippen molar-refractivity contribution < 1.29 is 4.79 Å². The number of hydrogen-bond donors (Lipinski definition) is 1. The first-order chi connectivity index (χ1) is 12.1. The number of amides is 1. The summed E-state index contributed by atoms with van der Waals surface area (Å²) < 4.78 is 3.56. The topological polar surface area (TPSA) is 81.8 Å². The number of nitrogens with one attached hydrogen (secondary N) is 1. The van der Waals surface area contributed by atoms with Crippen LogP contribution >= 0.6 is 0 Å². The first-order valence-electron chi connectivity index (χ1n) is 8.37. The monoisotopic (exact) mass is 337 g/mol. The first-order valence-corrected chi connectivity index (χ1v) is 8.37. The van der Waals surface area contributed by atoms with E-state index in [9.17, 15) is 9.59 Å². The van der Waals surface area contributed by atoms with Crippen LogP contribution in [0.15, 0.2) is 41.5 Å². The lowest BCUT2D eigenvalue weighted by Gasteiger charge is -2.25. The van der Waals surface area contributed by atoms with Gasteiger partial charge in [0.25, 0.3) is 5.56 Å². The molecule has 1 atom stereocenters. The summed E-state index contributed by atoms with van der Waals surface area (Å²) in [6, 6.07) is 7.38. The van der Waals surface area contributed by atoms with Gasteiger partial charge >= 0.3 is 0 Å². The number of carbonyl (C=O) groups is 1. The Bertz CT molecular complexity index is 1000. The second kappa shape index (κ2) is 6.16. The summed E-state index contributed by atoms with van der Waals surface area (Å²) in [5.41, 5.74) is 2.09. The zero-order valence-electron chi connectivity index (χ0n) is 14.0. The summed E-state index contributed by atoms with van der Waals surface area (Å²) in [4.78, 5) is 33.2. The minimum Gasteiger partial charge on any atom is -0.350 e. The lowest BCUT2D eigenvalue weighted by atomic mass is 10.1. The van der Waals surface area contributed by atoms with E-state index in [1.807, 2.05) is 31.3 Å². The van der Waals surface area contributed by atoms with Gasteiger partial charge in [0.1, 0.15) is 12.4 Å². The summed E-state index contributed by atoms with van der Waals surface area (Å²) in [5, 5.41) is 3.04. The molecule has 0 fully saturated rings. The molecule has 3 aromatic rings. The van der Waals surface area contributed by atoms with Crippen LogP contribution in [0.25, 0.3) is 11.0 Å². The zero-order valence-corrected chi connectivity index (χ0v) is 14.0. The van der Waals surface area contributed by atoms with Crippen LogP contribution in [-0.4, -0.2) is 31.1 Å². The summed E-state index contributed by atoms with van der Waals surface area (Å²) in [6.45, 7) is 2.68. The van der Waals surface area contributed by atoms with Crippen LogP contribution in [0.2, 0.25) is 0 Å². The van der Waals surface area contributed by atoms with Crippen LogP contribution in [-0.2, 0) is 24.3 Å². The molecule has 0 radical (unpaired) electrons. The van der Waals surface area contributed by atoms with Gasteiger partial charge in [-0.3, -0.25) is 14.2 Å². The van der Waals surface area contributed by atoms with E-state index in [2.05, 4.69) is 19.9 Å². The number of fused-ring (bicyclic) bond motifs is 2. The van der Waals surface area contributed by atoms with Gasteiger partial charge < -0.3 is 9.88 Å². The molecular weight excluding hydrogens is 318 g/mol. The highest BCUT2D eigenvalue weighted by molar-refractivity contribution is 5.80. The maximum atomic E-state index is 12.5. The van der Waals surface area contributed by atoms with Gasteiger partial charge in [-0.2, -0.15) is 0 Å². The summed E-state index contributed by atoms with van der Waals surface area (Å²) in [5.74, 6) is 0.906. The lowest BCUT2D eigenvalue weighted by Crippen LogP contribution is -2.43. The van der Waals surface area contributed by atoms with Gasteiger partial charge in [0, 0.05) is 25.2 Å². The fraction of sp³-hybridized carbons (Fsp3) is 0.333. The molecular formula is C18H19N5O2. The van der Waals surface area contributed by atoms with Gasteiger partial charge in [0.2, 0.25) is 5.91 Å².